The van der Waals surface area contributed by atoms with Gasteiger partial charge in [0.1, 0.15) is 23.1 Å². The fourth-order valence-electron chi connectivity index (χ4n) is 2.50. The smallest absolute Gasteiger partial charge is 0.271 e. The molecule has 2 aromatic carbocycles. The predicted octanol–water partition coefficient (Wildman–Crippen LogP) is 3.34. The molecule has 1 aromatic heterocycles. The highest BCUT2D eigenvalue weighted by Gasteiger charge is 2.09. The van der Waals surface area contributed by atoms with Crippen LogP contribution in [0.4, 0.5) is 15.9 Å². The first-order valence-electron chi connectivity index (χ1n) is 8.41. The molecule has 0 bridgehead atoms. The first-order valence-corrected chi connectivity index (χ1v) is 8.41. The lowest BCUT2D eigenvalue weighted by Crippen LogP contribution is -2.26. The van der Waals surface area contributed by atoms with Gasteiger partial charge in [-0.2, -0.15) is 0 Å². The van der Waals surface area contributed by atoms with Crippen LogP contribution in [0.25, 0.3) is 0 Å². The number of carbonyl (C=O) groups excluding carboxylic acids is 1. The average molecular weight is 366 g/mol. The fourth-order valence-corrected chi connectivity index (χ4v) is 2.50. The number of rotatable bonds is 7. The van der Waals surface area contributed by atoms with Crippen LogP contribution < -0.4 is 15.4 Å². The number of nitrogens with zero attached hydrogens (tertiary/aromatic N) is 2. The number of hydrogen-bond acceptors (Lipinski definition) is 5. The van der Waals surface area contributed by atoms with E-state index in [1.165, 1.54) is 18.5 Å². The molecule has 7 heteroatoms. The van der Waals surface area contributed by atoms with Crippen LogP contribution in [0.1, 0.15) is 16.1 Å². The number of ether oxygens (including phenoxy) is 1. The van der Waals surface area contributed by atoms with E-state index in [9.17, 15) is 9.18 Å². The van der Waals surface area contributed by atoms with Crippen molar-refractivity contribution in [3.8, 4) is 5.75 Å². The summed E-state index contributed by atoms with van der Waals surface area (Å²) in [5.74, 6) is 0.526. The number of benzene rings is 2. The minimum Gasteiger partial charge on any atom is -0.495 e. The summed E-state index contributed by atoms with van der Waals surface area (Å²) < 4.78 is 18.8. The molecule has 3 aromatic rings. The third kappa shape index (κ3) is 4.78. The highest BCUT2D eigenvalue weighted by atomic mass is 19.1. The second-order valence-electron chi connectivity index (χ2n) is 5.71. The molecule has 0 unspecified atom stereocenters. The van der Waals surface area contributed by atoms with Gasteiger partial charge in [-0.3, -0.25) is 4.79 Å². The van der Waals surface area contributed by atoms with Crippen molar-refractivity contribution in [2.45, 2.75) is 6.42 Å². The van der Waals surface area contributed by atoms with Gasteiger partial charge in [0.05, 0.1) is 25.2 Å². The zero-order chi connectivity index (χ0) is 19.1. The SMILES string of the molecule is COc1ccccc1Nc1cnc(C(=O)NCCc2ccccc2F)cn1. The Morgan fingerprint density at radius 2 is 1.85 bits per heavy atom. The number of anilines is 2. The van der Waals surface area contributed by atoms with Gasteiger partial charge in [0, 0.05) is 6.54 Å². The molecular formula is C20H19FN4O2. The van der Waals surface area contributed by atoms with E-state index in [0.29, 0.717) is 30.1 Å². The Balaban J connectivity index is 1.56. The highest BCUT2D eigenvalue weighted by molar-refractivity contribution is 5.92. The summed E-state index contributed by atoms with van der Waals surface area (Å²) in [6.45, 7) is 0.308. The van der Waals surface area contributed by atoms with Crippen molar-refractivity contribution < 1.29 is 13.9 Å². The molecule has 1 amide bonds. The van der Waals surface area contributed by atoms with Crippen LogP contribution in [-0.4, -0.2) is 29.5 Å². The molecule has 0 saturated heterocycles. The van der Waals surface area contributed by atoms with Crippen molar-refractivity contribution in [3.63, 3.8) is 0 Å². The third-order valence-electron chi connectivity index (χ3n) is 3.89. The molecule has 0 aliphatic rings. The van der Waals surface area contributed by atoms with Crippen LogP contribution >= 0.6 is 0 Å². The minimum atomic E-state index is -0.359. The quantitative estimate of drug-likeness (QED) is 0.671. The van der Waals surface area contributed by atoms with E-state index >= 15 is 0 Å². The lowest BCUT2D eigenvalue weighted by molar-refractivity contribution is 0.0948. The molecule has 27 heavy (non-hydrogen) atoms. The van der Waals surface area contributed by atoms with Crippen molar-refractivity contribution in [2.75, 3.05) is 19.0 Å². The fraction of sp³-hybridized carbons (Fsp3) is 0.150. The van der Waals surface area contributed by atoms with Crippen molar-refractivity contribution in [1.29, 1.82) is 0 Å². The lowest BCUT2D eigenvalue weighted by atomic mass is 10.1. The van der Waals surface area contributed by atoms with Crippen LogP contribution in [0.2, 0.25) is 0 Å². The van der Waals surface area contributed by atoms with Gasteiger partial charge in [-0.1, -0.05) is 30.3 Å². The Hall–Kier alpha value is -3.48. The summed E-state index contributed by atoms with van der Waals surface area (Å²) in [5, 5.41) is 5.80. The van der Waals surface area contributed by atoms with E-state index in [1.54, 1.807) is 25.3 Å². The summed E-state index contributed by atoms with van der Waals surface area (Å²) in [7, 11) is 1.58. The number of amides is 1. The summed E-state index contributed by atoms with van der Waals surface area (Å²) in [5.41, 5.74) is 1.49. The second-order valence-corrected chi connectivity index (χ2v) is 5.71. The van der Waals surface area contributed by atoms with Gasteiger partial charge in [0.15, 0.2) is 0 Å². The number of halogens is 1. The Labute approximate surface area is 156 Å². The van der Waals surface area contributed by atoms with Crippen LogP contribution in [0.5, 0.6) is 5.75 Å². The molecule has 3 rings (SSSR count). The highest BCUT2D eigenvalue weighted by Crippen LogP contribution is 2.25. The van der Waals surface area contributed by atoms with E-state index in [1.807, 2.05) is 24.3 Å². The van der Waals surface area contributed by atoms with E-state index in [-0.39, 0.29) is 17.4 Å². The summed E-state index contributed by atoms with van der Waals surface area (Å²) in [6.07, 6.45) is 3.26. The van der Waals surface area contributed by atoms with E-state index in [4.69, 9.17) is 4.74 Å². The molecule has 0 aliphatic carbocycles. The van der Waals surface area contributed by atoms with Gasteiger partial charge in [0.2, 0.25) is 0 Å². The number of para-hydroxylation sites is 2. The zero-order valence-electron chi connectivity index (χ0n) is 14.8. The van der Waals surface area contributed by atoms with Crippen LogP contribution in [0.15, 0.2) is 60.9 Å². The van der Waals surface area contributed by atoms with Gasteiger partial charge >= 0.3 is 0 Å². The average Bonchev–Trinajstić information content (AvgIpc) is 2.70. The Bertz CT molecular complexity index is 916. The van der Waals surface area contributed by atoms with E-state index in [0.717, 1.165) is 5.69 Å². The largest absolute Gasteiger partial charge is 0.495 e. The number of aromatic nitrogens is 2. The maximum Gasteiger partial charge on any atom is 0.271 e. The topological polar surface area (TPSA) is 76.1 Å². The normalized spacial score (nSPS) is 10.3. The van der Waals surface area contributed by atoms with Crippen molar-refractivity contribution >= 4 is 17.4 Å². The van der Waals surface area contributed by atoms with E-state index < -0.39 is 0 Å². The molecule has 6 nitrogen and oxygen atoms in total. The summed E-state index contributed by atoms with van der Waals surface area (Å²) in [4.78, 5) is 20.5. The third-order valence-corrected chi connectivity index (χ3v) is 3.89. The zero-order valence-corrected chi connectivity index (χ0v) is 14.8. The first-order chi connectivity index (χ1) is 13.2. The van der Waals surface area contributed by atoms with Crippen LogP contribution in [0, 0.1) is 5.82 Å². The number of carbonyl (C=O) groups is 1. The van der Waals surface area contributed by atoms with Crippen molar-refractivity contribution in [3.05, 3.63) is 78.0 Å². The summed E-state index contributed by atoms with van der Waals surface area (Å²) >= 11 is 0. The van der Waals surface area contributed by atoms with Crippen LogP contribution in [0.3, 0.4) is 0 Å². The van der Waals surface area contributed by atoms with Gasteiger partial charge in [0.25, 0.3) is 5.91 Å². The second kappa shape index (κ2) is 8.75. The van der Waals surface area contributed by atoms with Gasteiger partial charge in [-0.15, -0.1) is 0 Å². The predicted molar refractivity (Wildman–Crippen MR) is 101 cm³/mol. The molecule has 0 radical (unpaired) electrons. The molecule has 0 atom stereocenters. The molecule has 0 fully saturated rings. The maximum absolute atomic E-state index is 13.6. The lowest BCUT2D eigenvalue weighted by Gasteiger charge is -2.10. The molecule has 0 saturated carbocycles. The number of hydrogen-bond donors (Lipinski definition) is 2. The maximum atomic E-state index is 13.6. The molecule has 138 valence electrons. The monoisotopic (exact) mass is 366 g/mol. The molecule has 1 heterocycles. The Kier molecular flexibility index (Phi) is 5.94. The Morgan fingerprint density at radius 1 is 1.07 bits per heavy atom. The van der Waals surface area contributed by atoms with Gasteiger partial charge in [-0.05, 0) is 30.2 Å². The van der Waals surface area contributed by atoms with Gasteiger partial charge < -0.3 is 15.4 Å². The molecular weight excluding hydrogens is 347 g/mol. The van der Waals surface area contributed by atoms with Gasteiger partial charge in [-0.25, -0.2) is 14.4 Å². The van der Waals surface area contributed by atoms with Crippen molar-refractivity contribution in [2.24, 2.45) is 0 Å². The molecule has 0 spiro atoms. The minimum absolute atomic E-state index is 0.189. The standard InChI is InChI=1S/C20H19FN4O2/c1-27-18-9-5-4-8-16(18)25-19-13-23-17(12-24-19)20(26)22-11-10-14-6-2-3-7-15(14)21/h2-9,12-13H,10-11H2,1H3,(H,22,26)(H,24,25). The summed E-state index contributed by atoms with van der Waals surface area (Å²) in [6, 6.07) is 13.9. The van der Waals surface area contributed by atoms with Crippen LogP contribution in [-0.2, 0) is 6.42 Å². The van der Waals surface area contributed by atoms with E-state index in [2.05, 4.69) is 20.6 Å². The molecule has 0 aliphatic heterocycles. The number of nitrogens with one attached hydrogen (secondary N) is 2. The molecule has 2 N–H and O–H groups in total. The first kappa shape index (κ1) is 18.3. The van der Waals surface area contributed by atoms with Crippen molar-refractivity contribution in [1.82, 2.24) is 15.3 Å². The number of methoxy groups -OCH3 is 1. The Morgan fingerprint density at radius 3 is 2.59 bits per heavy atom.